The second kappa shape index (κ2) is 7.75. The van der Waals surface area contributed by atoms with Crippen LogP contribution < -0.4 is 14.8 Å². The molecular weight excluding hydrogens is 436 g/mol. The zero-order valence-electron chi connectivity index (χ0n) is 17.1. The van der Waals surface area contributed by atoms with E-state index in [0.29, 0.717) is 28.9 Å². The molecule has 1 aliphatic carbocycles. The van der Waals surface area contributed by atoms with Gasteiger partial charge in [-0.3, -0.25) is 4.79 Å². The Kier molecular flexibility index (Phi) is 5.02. The van der Waals surface area contributed by atoms with Gasteiger partial charge < -0.3 is 14.6 Å². The van der Waals surface area contributed by atoms with Crippen LogP contribution in [-0.2, 0) is 21.6 Å². The van der Waals surface area contributed by atoms with E-state index < -0.39 is 28.4 Å². The number of nitrogens with one attached hydrogen (secondary N) is 2. The molecule has 2 aromatic carbocycles. The van der Waals surface area contributed by atoms with Gasteiger partial charge in [0.05, 0.1) is 23.9 Å². The van der Waals surface area contributed by atoms with Gasteiger partial charge in [0.1, 0.15) is 17.2 Å². The lowest BCUT2D eigenvalue weighted by molar-refractivity contribution is -0.123. The van der Waals surface area contributed by atoms with Gasteiger partial charge in [-0.25, -0.2) is 18.5 Å². The topological polar surface area (TPSA) is 86.3 Å². The van der Waals surface area contributed by atoms with Crippen LogP contribution in [0, 0.1) is 11.6 Å². The Labute approximate surface area is 186 Å². The highest BCUT2D eigenvalue weighted by Gasteiger charge is 2.52. The van der Waals surface area contributed by atoms with Crippen LogP contribution in [0.5, 0.6) is 5.88 Å². The summed E-state index contributed by atoms with van der Waals surface area (Å²) in [7, 11) is 1.52. The molecule has 6 nitrogen and oxygen atoms in total. The molecule has 1 atom stereocenters. The molecule has 1 saturated carbocycles. The van der Waals surface area contributed by atoms with Crippen molar-refractivity contribution < 1.29 is 22.9 Å². The molecule has 0 radical (unpaired) electrons. The molecule has 164 valence electrons. The van der Waals surface area contributed by atoms with E-state index in [1.165, 1.54) is 7.11 Å². The minimum absolute atomic E-state index is 0.0516. The van der Waals surface area contributed by atoms with Gasteiger partial charge >= 0.3 is 0 Å². The summed E-state index contributed by atoms with van der Waals surface area (Å²) in [5.74, 6) is -1.24. The van der Waals surface area contributed by atoms with Crippen LogP contribution in [0.25, 0.3) is 11.1 Å². The number of halogens is 2. The van der Waals surface area contributed by atoms with Crippen LogP contribution in [0.3, 0.4) is 0 Å². The van der Waals surface area contributed by atoms with E-state index in [1.54, 1.807) is 24.4 Å². The number of ether oxygens (including phenoxy) is 1. The smallest absolute Gasteiger partial charge is 0.235 e. The first-order valence-corrected chi connectivity index (χ1v) is 11.2. The normalized spacial score (nSPS) is 16.8. The van der Waals surface area contributed by atoms with E-state index in [-0.39, 0.29) is 10.8 Å². The minimum Gasteiger partial charge on any atom is -0.588 e. The average Bonchev–Trinajstić information content (AvgIpc) is 3.05. The Balaban J connectivity index is 1.58. The van der Waals surface area contributed by atoms with Crippen molar-refractivity contribution in [2.24, 2.45) is 0 Å². The number of aromatic nitrogens is 1. The lowest BCUT2D eigenvalue weighted by Gasteiger charge is -2.36. The summed E-state index contributed by atoms with van der Waals surface area (Å²) in [6.07, 6.45) is 4.03. The number of amides is 1. The van der Waals surface area contributed by atoms with Gasteiger partial charge in [-0.05, 0) is 42.7 Å². The predicted octanol–water partition coefficient (Wildman–Crippen LogP) is 4.54. The van der Waals surface area contributed by atoms with Crippen molar-refractivity contribution in [2.45, 2.75) is 29.6 Å². The fraction of sp³-hybridized carbons (Fsp3) is 0.217. The lowest BCUT2D eigenvalue weighted by atomic mass is 9.65. The Morgan fingerprint density at radius 3 is 2.62 bits per heavy atom. The number of fused-ring (bicyclic) bond motifs is 2. The zero-order valence-corrected chi connectivity index (χ0v) is 17.9. The van der Waals surface area contributed by atoms with Crippen molar-refractivity contribution >= 4 is 28.6 Å². The van der Waals surface area contributed by atoms with Crippen molar-refractivity contribution in [3.05, 3.63) is 65.9 Å². The molecule has 2 aliphatic rings. The summed E-state index contributed by atoms with van der Waals surface area (Å²) in [5.41, 5.74) is 2.81. The van der Waals surface area contributed by atoms with Crippen LogP contribution >= 0.6 is 0 Å². The molecule has 2 N–H and O–H groups in total. The number of methoxy groups -OCH3 is 1. The molecular formula is C23H19F2N3O3S. The maximum Gasteiger partial charge on any atom is 0.235 e. The Morgan fingerprint density at radius 2 is 2.00 bits per heavy atom. The fourth-order valence-corrected chi connectivity index (χ4v) is 5.14. The molecule has 32 heavy (non-hydrogen) atoms. The number of hydrogen-bond donors (Lipinski definition) is 2. The second-order valence-corrected chi connectivity index (χ2v) is 9.05. The Bertz CT molecular complexity index is 1220. The first-order valence-electron chi connectivity index (χ1n) is 10.1. The first kappa shape index (κ1) is 20.7. The van der Waals surface area contributed by atoms with E-state index in [0.717, 1.165) is 42.5 Å². The molecule has 5 rings (SSSR count). The molecule has 2 heterocycles. The summed E-state index contributed by atoms with van der Waals surface area (Å²) in [6.45, 7) is 0. The number of pyridine rings is 1. The van der Waals surface area contributed by atoms with Crippen LogP contribution in [-0.4, -0.2) is 22.6 Å². The molecule has 1 unspecified atom stereocenters. The summed E-state index contributed by atoms with van der Waals surface area (Å²) in [5, 5.41) is 3.01. The number of rotatable bonds is 5. The molecule has 0 bridgehead atoms. The average molecular weight is 455 g/mol. The second-order valence-electron chi connectivity index (χ2n) is 7.87. The highest BCUT2D eigenvalue weighted by molar-refractivity contribution is 7.92. The molecule has 1 aliphatic heterocycles. The SMILES string of the molecule is COc1ccc(-c2cc(N[S+]([O-])c3ccc(F)cc3F)cc3c2NC(=O)C32CCC2)cn1. The van der Waals surface area contributed by atoms with Gasteiger partial charge in [-0.15, -0.1) is 0 Å². The summed E-state index contributed by atoms with van der Waals surface area (Å²) < 4.78 is 48.1. The number of carbonyl (C=O) groups is 1. The molecule has 0 saturated heterocycles. The van der Waals surface area contributed by atoms with Crippen molar-refractivity contribution in [1.82, 2.24) is 4.98 Å². The van der Waals surface area contributed by atoms with Crippen molar-refractivity contribution in [2.75, 3.05) is 17.1 Å². The quantitative estimate of drug-likeness (QED) is 0.552. The summed E-state index contributed by atoms with van der Waals surface area (Å²) in [6, 6.07) is 9.95. The highest BCUT2D eigenvalue weighted by Crippen LogP contribution is 2.54. The Hall–Kier alpha value is -3.17. The third kappa shape index (κ3) is 3.28. The van der Waals surface area contributed by atoms with Gasteiger partial charge in [-0.1, -0.05) is 6.42 Å². The predicted molar refractivity (Wildman–Crippen MR) is 117 cm³/mol. The number of hydrogen-bond acceptors (Lipinski definition) is 5. The van der Waals surface area contributed by atoms with Crippen LogP contribution in [0.15, 0.2) is 53.6 Å². The number of carbonyl (C=O) groups excluding carboxylic acids is 1. The number of benzene rings is 2. The highest BCUT2D eigenvalue weighted by atomic mass is 32.2. The maximum atomic E-state index is 14.1. The van der Waals surface area contributed by atoms with E-state index in [2.05, 4.69) is 15.0 Å². The maximum absolute atomic E-state index is 14.1. The first-order chi connectivity index (χ1) is 15.4. The Morgan fingerprint density at radius 1 is 1.19 bits per heavy atom. The molecule has 3 aromatic rings. The van der Waals surface area contributed by atoms with Gasteiger partial charge in [0, 0.05) is 35.5 Å². The van der Waals surface area contributed by atoms with Crippen LogP contribution in [0.1, 0.15) is 24.8 Å². The van der Waals surface area contributed by atoms with Gasteiger partial charge in [0.2, 0.25) is 16.7 Å². The van der Waals surface area contributed by atoms with Gasteiger partial charge in [0.15, 0.2) is 5.82 Å². The van der Waals surface area contributed by atoms with Crippen molar-refractivity contribution in [3.8, 4) is 17.0 Å². The lowest BCUT2D eigenvalue weighted by Crippen LogP contribution is -2.40. The third-order valence-corrected chi connectivity index (χ3v) is 7.25. The molecule has 1 spiro atoms. The molecule has 1 amide bonds. The van der Waals surface area contributed by atoms with Crippen LogP contribution in [0.4, 0.5) is 20.2 Å². The van der Waals surface area contributed by atoms with E-state index in [9.17, 15) is 18.1 Å². The van der Waals surface area contributed by atoms with E-state index >= 15 is 0 Å². The zero-order chi connectivity index (χ0) is 22.5. The van der Waals surface area contributed by atoms with E-state index in [1.807, 2.05) is 6.07 Å². The third-order valence-electron chi connectivity index (χ3n) is 6.09. The van der Waals surface area contributed by atoms with Gasteiger partial charge in [0.25, 0.3) is 0 Å². The van der Waals surface area contributed by atoms with Gasteiger partial charge in [-0.2, -0.15) is 0 Å². The van der Waals surface area contributed by atoms with E-state index in [4.69, 9.17) is 4.74 Å². The monoisotopic (exact) mass is 455 g/mol. The minimum atomic E-state index is -1.97. The largest absolute Gasteiger partial charge is 0.588 e. The summed E-state index contributed by atoms with van der Waals surface area (Å²) in [4.78, 5) is 16.9. The number of nitrogens with zero attached hydrogens (tertiary/aromatic N) is 1. The summed E-state index contributed by atoms with van der Waals surface area (Å²) >= 11 is -1.97. The van der Waals surface area contributed by atoms with Crippen LogP contribution in [0.2, 0.25) is 0 Å². The standard InChI is InChI=1S/C23H19F2N3O3S/c1-31-20-6-3-13(12-26-20)16-10-15(28-32(30)19-5-4-14(24)9-18(19)25)11-17-21(16)27-22(29)23(17)7-2-8-23/h3-6,9-12,28H,2,7-8H2,1H3,(H,27,29). The molecule has 9 heteroatoms. The fourth-order valence-electron chi connectivity index (χ4n) is 4.27. The van der Waals surface area contributed by atoms with Crippen molar-refractivity contribution in [3.63, 3.8) is 0 Å². The number of anilines is 2. The van der Waals surface area contributed by atoms with Crippen molar-refractivity contribution in [1.29, 1.82) is 0 Å². The molecule has 1 fully saturated rings. The molecule has 1 aromatic heterocycles.